The molecule has 1 N–H and O–H groups in total. The maximum atomic E-state index is 12.9. The number of aryl methyl sites for hydroxylation is 1. The van der Waals surface area contributed by atoms with E-state index < -0.39 is 5.76 Å². The lowest BCUT2D eigenvalue weighted by Gasteiger charge is -2.09. The van der Waals surface area contributed by atoms with Crippen LogP contribution in [0.4, 0.5) is 0 Å². The molecule has 9 nitrogen and oxygen atoms in total. The Labute approximate surface area is 166 Å². The third-order valence-corrected chi connectivity index (χ3v) is 4.70. The maximum Gasteiger partial charge on any atom is 0.442 e. The fourth-order valence-electron chi connectivity index (χ4n) is 3.37. The van der Waals surface area contributed by atoms with E-state index in [4.69, 9.17) is 14.0 Å². The lowest BCUT2D eigenvalue weighted by atomic mass is 10.1. The number of benzene rings is 1. The number of carbonyl (C=O) groups excluding carboxylic acids is 2. The molecule has 0 amide bonds. The Morgan fingerprint density at radius 1 is 1.17 bits per heavy atom. The Balaban J connectivity index is 2.00. The number of aromatic nitrogens is 3. The molecular weight excluding hydrogens is 378 g/mol. The zero-order chi connectivity index (χ0) is 21.3. The topological polar surface area (TPSA) is 116 Å². The molecule has 1 aromatic carbocycles. The molecule has 0 fully saturated rings. The average Bonchev–Trinajstić information content (AvgIpc) is 3.20. The molecule has 0 saturated heterocycles. The van der Waals surface area contributed by atoms with Crippen molar-refractivity contribution >= 4 is 11.6 Å². The van der Waals surface area contributed by atoms with E-state index in [2.05, 4.69) is 10.1 Å². The molecule has 2 aromatic heterocycles. The van der Waals surface area contributed by atoms with Gasteiger partial charge in [-0.15, -0.1) is 0 Å². The standard InChI is InChI=1S/C20H21N3O6/c1-10-17(12(3)24)11(2)21-18(10)14(25)9-23-19(22-29-20(23)26)13-6-7-15(27-4)16(8-13)28-5/h6-8,21H,9H2,1-5H3. The number of methoxy groups -OCH3 is 2. The highest BCUT2D eigenvalue weighted by Crippen LogP contribution is 2.31. The second kappa shape index (κ2) is 7.78. The van der Waals surface area contributed by atoms with E-state index in [-0.39, 0.29) is 29.6 Å². The number of ketones is 2. The summed E-state index contributed by atoms with van der Waals surface area (Å²) in [5.41, 5.74) is 2.43. The summed E-state index contributed by atoms with van der Waals surface area (Å²) in [6, 6.07) is 4.98. The van der Waals surface area contributed by atoms with Gasteiger partial charge < -0.3 is 14.5 Å². The van der Waals surface area contributed by atoms with Crippen LogP contribution in [-0.4, -0.2) is 40.5 Å². The minimum Gasteiger partial charge on any atom is -0.493 e. The van der Waals surface area contributed by atoms with Crippen LogP contribution in [0, 0.1) is 13.8 Å². The van der Waals surface area contributed by atoms with Crippen LogP contribution in [0.1, 0.15) is 39.0 Å². The van der Waals surface area contributed by atoms with Crippen LogP contribution in [0.2, 0.25) is 0 Å². The van der Waals surface area contributed by atoms with E-state index in [9.17, 15) is 14.4 Å². The van der Waals surface area contributed by atoms with Crippen LogP contribution in [0.15, 0.2) is 27.5 Å². The summed E-state index contributed by atoms with van der Waals surface area (Å²) in [6.07, 6.45) is 0. The number of hydrogen-bond donors (Lipinski definition) is 1. The fraction of sp³-hybridized carbons (Fsp3) is 0.300. The highest BCUT2D eigenvalue weighted by atomic mass is 16.5. The molecule has 0 atom stereocenters. The maximum absolute atomic E-state index is 12.9. The molecule has 0 spiro atoms. The van der Waals surface area contributed by atoms with Crippen LogP contribution < -0.4 is 15.2 Å². The Bertz CT molecular complexity index is 1150. The number of rotatable bonds is 7. The van der Waals surface area contributed by atoms with Crippen LogP contribution in [0.25, 0.3) is 11.4 Å². The quantitative estimate of drug-likeness (QED) is 0.607. The molecule has 0 unspecified atom stereocenters. The van der Waals surface area contributed by atoms with Gasteiger partial charge >= 0.3 is 5.76 Å². The zero-order valence-electron chi connectivity index (χ0n) is 16.8. The van der Waals surface area contributed by atoms with E-state index in [1.54, 1.807) is 32.0 Å². The minimum absolute atomic E-state index is 0.136. The number of Topliss-reactive ketones (excluding diaryl/α,β-unsaturated/α-hetero) is 2. The van der Waals surface area contributed by atoms with Crippen LogP contribution in [0.3, 0.4) is 0 Å². The van der Waals surface area contributed by atoms with Gasteiger partial charge in [0.15, 0.2) is 28.9 Å². The van der Waals surface area contributed by atoms with Crippen LogP contribution >= 0.6 is 0 Å². The fourth-order valence-corrected chi connectivity index (χ4v) is 3.37. The molecule has 2 heterocycles. The third kappa shape index (κ3) is 3.58. The van der Waals surface area contributed by atoms with Gasteiger partial charge in [-0.2, -0.15) is 0 Å². The van der Waals surface area contributed by atoms with E-state index in [0.29, 0.717) is 33.9 Å². The first-order valence-electron chi connectivity index (χ1n) is 8.80. The summed E-state index contributed by atoms with van der Waals surface area (Å²) >= 11 is 0. The first-order valence-corrected chi connectivity index (χ1v) is 8.80. The van der Waals surface area contributed by atoms with Crippen molar-refractivity contribution in [3.63, 3.8) is 0 Å². The smallest absolute Gasteiger partial charge is 0.442 e. The monoisotopic (exact) mass is 399 g/mol. The van der Waals surface area contributed by atoms with Crippen molar-refractivity contribution in [2.45, 2.75) is 27.3 Å². The van der Waals surface area contributed by atoms with E-state index in [1.165, 1.54) is 21.1 Å². The van der Waals surface area contributed by atoms with E-state index in [0.717, 1.165) is 4.57 Å². The number of nitrogens with zero attached hydrogens (tertiary/aromatic N) is 2. The predicted octanol–water partition coefficient (Wildman–Crippen LogP) is 2.55. The molecule has 3 aromatic rings. The molecule has 0 bridgehead atoms. The van der Waals surface area contributed by atoms with Crippen molar-refractivity contribution in [3.05, 3.63) is 51.3 Å². The predicted molar refractivity (Wildman–Crippen MR) is 104 cm³/mol. The Kier molecular flexibility index (Phi) is 5.40. The lowest BCUT2D eigenvalue weighted by molar-refractivity contribution is 0.0964. The highest BCUT2D eigenvalue weighted by Gasteiger charge is 2.23. The summed E-state index contributed by atoms with van der Waals surface area (Å²) < 4.78 is 16.4. The van der Waals surface area contributed by atoms with Crippen molar-refractivity contribution in [1.82, 2.24) is 14.7 Å². The molecular formula is C20H21N3O6. The van der Waals surface area contributed by atoms with E-state index >= 15 is 0 Å². The average molecular weight is 399 g/mol. The van der Waals surface area contributed by atoms with Crippen molar-refractivity contribution in [3.8, 4) is 22.9 Å². The zero-order valence-corrected chi connectivity index (χ0v) is 16.8. The molecule has 0 aliphatic heterocycles. The molecule has 0 radical (unpaired) electrons. The summed E-state index contributed by atoms with van der Waals surface area (Å²) in [5.74, 6) is -0.138. The van der Waals surface area contributed by atoms with Gasteiger partial charge in [-0.1, -0.05) is 5.16 Å². The Morgan fingerprint density at radius 2 is 1.86 bits per heavy atom. The minimum atomic E-state index is -0.768. The second-order valence-electron chi connectivity index (χ2n) is 6.53. The van der Waals surface area contributed by atoms with Gasteiger partial charge in [0.1, 0.15) is 0 Å². The Morgan fingerprint density at radius 3 is 2.45 bits per heavy atom. The SMILES string of the molecule is COc1ccc(-c2noc(=O)n2CC(=O)c2[nH]c(C)c(C(C)=O)c2C)cc1OC. The van der Waals surface area contributed by atoms with Crippen LogP contribution in [0.5, 0.6) is 11.5 Å². The number of carbonyl (C=O) groups is 2. The van der Waals surface area contributed by atoms with Gasteiger partial charge in [-0.25, -0.2) is 9.36 Å². The molecule has 3 rings (SSSR count). The Hall–Kier alpha value is -3.62. The van der Waals surface area contributed by atoms with Crippen molar-refractivity contribution in [2.75, 3.05) is 14.2 Å². The van der Waals surface area contributed by atoms with Gasteiger partial charge in [-0.3, -0.25) is 14.1 Å². The van der Waals surface area contributed by atoms with Gasteiger partial charge in [0.25, 0.3) is 0 Å². The number of nitrogens with one attached hydrogen (secondary N) is 1. The first-order chi connectivity index (χ1) is 13.8. The molecule has 29 heavy (non-hydrogen) atoms. The number of ether oxygens (including phenoxy) is 2. The number of H-pyrrole nitrogens is 1. The van der Waals surface area contributed by atoms with Gasteiger partial charge in [0, 0.05) is 16.8 Å². The molecule has 152 valence electrons. The van der Waals surface area contributed by atoms with Crippen molar-refractivity contribution in [1.29, 1.82) is 0 Å². The summed E-state index contributed by atoms with van der Waals surface area (Å²) in [7, 11) is 3.00. The van der Waals surface area contributed by atoms with Crippen LogP contribution in [-0.2, 0) is 6.54 Å². The van der Waals surface area contributed by atoms with Gasteiger partial charge in [0.2, 0.25) is 0 Å². The summed E-state index contributed by atoms with van der Waals surface area (Å²) in [4.78, 5) is 39.8. The normalized spacial score (nSPS) is 10.8. The van der Waals surface area contributed by atoms with Crippen molar-refractivity contribution in [2.24, 2.45) is 0 Å². The first kappa shape index (κ1) is 20.1. The van der Waals surface area contributed by atoms with Gasteiger partial charge in [-0.05, 0) is 44.5 Å². The number of hydrogen-bond acceptors (Lipinski definition) is 7. The van der Waals surface area contributed by atoms with E-state index in [1.807, 2.05) is 0 Å². The summed E-state index contributed by atoms with van der Waals surface area (Å²) in [6.45, 7) is 4.56. The largest absolute Gasteiger partial charge is 0.493 e. The third-order valence-electron chi connectivity index (χ3n) is 4.70. The molecule has 0 saturated carbocycles. The van der Waals surface area contributed by atoms with Crippen molar-refractivity contribution < 1.29 is 23.6 Å². The summed E-state index contributed by atoms with van der Waals surface area (Å²) in [5, 5.41) is 3.80. The number of aromatic amines is 1. The molecule has 9 heteroatoms. The molecule has 0 aliphatic rings. The van der Waals surface area contributed by atoms with Gasteiger partial charge in [0.05, 0.1) is 26.5 Å². The molecule has 0 aliphatic carbocycles. The highest BCUT2D eigenvalue weighted by molar-refractivity contribution is 6.03. The second-order valence-corrected chi connectivity index (χ2v) is 6.53. The lowest BCUT2D eigenvalue weighted by Crippen LogP contribution is -2.22.